The number of carbonyl (C=O) groups excluding carboxylic acids is 1. The van der Waals surface area contributed by atoms with Crippen LogP contribution >= 0.6 is 23.2 Å². The maximum absolute atomic E-state index is 13.2. The Hall–Kier alpha value is -2.15. The van der Waals surface area contributed by atoms with E-state index < -0.39 is 0 Å². The first-order chi connectivity index (χ1) is 14.4. The molecule has 1 unspecified atom stereocenters. The van der Waals surface area contributed by atoms with E-state index >= 15 is 0 Å². The van der Waals surface area contributed by atoms with Crippen molar-refractivity contribution in [3.8, 4) is 17.2 Å². The van der Waals surface area contributed by atoms with E-state index in [1.54, 1.807) is 18.2 Å². The number of anilines is 1. The average molecular weight is 453 g/mol. The van der Waals surface area contributed by atoms with E-state index in [1.807, 2.05) is 19.1 Å². The molecule has 6 nitrogen and oxygen atoms in total. The van der Waals surface area contributed by atoms with Crippen LogP contribution in [0.3, 0.4) is 0 Å². The number of benzene rings is 2. The molecule has 0 aromatic heterocycles. The van der Waals surface area contributed by atoms with Crippen LogP contribution < -0.4 is 19.1 Å². The summed E-state index contributed by atoms with van der Waals surface area (Å²) in [5.74, 6) is 1.40. The van der Waals surface area contributed by atoms with Gasteiger partial charge in [-0.2, -0.15) is 0 Å². The molecule has 0 aliphatic carbocycles. The van der Waals surface area contributed by atoms with E-state index in [9.17, 15) is 4.79 Å². The fourth-order valence-electron chi connectivity index (χ4n) is 3.72. The van der Waals surface area contributed by atoms with Crippen molar-refractivity contribution in [3.63, 3.8) is 0 Å². The zero-order chi connectivity index (χ0) is 21.8. The standard InChI is InChI=1S/C22H26Cl2N2O4/c1-14(21(27)15-12-18(28-2)22(30-4)19(13-15)29-3)25-8-10-26(11-9-25)17-7-5-6-16(23)20(17)24/h5-7,12-14H,8-11H2,1-4H3. The quantitative estimate of drug-likeness (QED) is 0.579. The highest BCUT2D eigenvalue weighted by molar-refractivity contribution is 6.43. The van der Waals surface area contributed by atoms with Crippen LogP contribution in [0.5, 0.6) is 17.2 Å². The van der Waals surface area contributed by atoms with Crippen molar-refractivity contribution in [3.05, 3.63) is 45.9 Å². The van der Waals surface area contributed by atoms with Crippen LogP contribution in [-0.2, 0) is 0 Å². The summed E-state index contributed by atoms with van der Waals surface area (Å²) in [5, 5.41) is 1.11. The van der Waals surface area contributed by atoms with E-state index in [0.717, 1.165) is 31.9 Å². The highest BCUT2D eigenvalue weighted by atomic mass is 35.5. The van der Waals surface area contributed by atoms with Gasteiger partial charge < -0.3 is 19.1 Å². The van der Waals surface area contributed by atoms with E-state index in [4.69, 9.17) is 37.4 Å². The van der Waals surface area contributed by atoms with Gasteiger partial charge in [0.1, 0.15) is 0 Å². The Kier molecular flexibility index (Phi) is 7.34. The molecule has 8 heteroatoms. The molecule has 1 aliphatic heterocycles. The van der Waals surface area contributed by atoms with Gasteiger partial charge in [-0.3, -0.25) is 9.69 Å². The smallest absolute Gasteiger partial charge is 0.203 e. The van der Waals surface area contributed by atoms with Gasteiger partial charge in [0.05, 0.1) is 43.1 Å². The molecule has 1 heterocycles. The Labute approximate surface area is 187 Å². The third-order valence-electron chi connectivity index (χ3n) is 5.46. The van der Waals surface area contributed by atoms with Crippen LogP contribution in [0.25, 0.3) is 0 Å². The number of methoxy groups -OCH3 is 3. The molecule has 30 heavy (non-hydrogen) atoms. The second kappa shape index (κ2) is 9.77. The fourth-order valence-corrected chi connectivity index (χ4v) is 4.13. The maximum atomic E-state index is 13.2. The van der Waals surface area contributed by atoms with Crippen molar-refractivity contribution in [2.24, 2.45) is 0 Å². The van der Waals surface area contributed by atoms with Gasteiger partial charge in [-0.15, -0.1) is 0 Å². The maximum Gasteiger partial charge on any atom is 0.203 e. The molecule has 1 saturated heterocycles. The zero-order valence-corrected chi connectivity index (χ0v) is 19.1. The summed E-state index contributed by atoms with van der Waals surface area (Å²) in [6.07, 6.45) is 0. The van der Waals surface area contributed by atoms with Crippen molar-refractivity contribution in [1.82, 2.24) is 4.90 Å². The molecule has 3 rings (SSSR count). The molecule has 0 bridgehead atoms. The predicted octanol–water partition coefficient (Wildman–Crippen LogP) is 4.41. The van der Waals surface area contributed by atoms with Crippen LogP contribution in [0.4, 0.5) is 5.69 Å². The number of halogens is 2. The molecule has 0 spiro atoms. The summed E-state index contributed by atoms with van der Waals surface area (Å²) in [6.45, 7) is 4.91. The second-order valence-corrected chi connectivity index (χ2v) is 7.84. The molecule has 1 atom stereocenters. The molecule has 1 aliphatic rings. The second-order valence-electron chi connectivity index (χ2n) is 7.05. The van der Waals surface area contributed by atoms with Crippen molar-refractivity contribution in [1.29, 1.82) is 0 Å². The predicted molar refractivity (Wildman–Crippen MR) is 120 cm³/mol. The van der Waals surface area contributed by atoms with E-state index in [0.29, 0.717) is 32.9 Å². The van der Waals surface area contributed by atoms with Crippen LogP contribution in [0.1, 0.15) is 17.3 Å². The van der Waals surface area contributed by atoms with Crippen LogP contribution in [0, 0.1) is 0 Å². The molecule has 0 saturated carbocycles. The van der Waals surface area contributed by atoms with E-state index in [1.165, 1.54) is 21.3 Å². The van der Waals surface area contributed by atoms with Crippen molar-refractivity contribution in [2.75, 3.05) is 52.4 Å². The molecular weight excluding hydrogens is 427 g/mol. The largest absolute Gasteiger partial charge is 0.493 e. The molecule has 0 N–H and O–H groups in total. The monoisotopic (exact) mass is 452 g/mol. The zero-order valence-electron chi connectivity index (χ0n) is 17.6. The summed E-state index contributed by atoms with van der Waals surface area (Å²) in [4.78, 5) is 17.5. The van der Waals surface area contributed by atoms with Gasteiger partial charge in [0.2, 0.25) is 5.75 Å². The first-order valence-electron chi connectivity index (χ1n) is 9.68. The molecular formula is C22H26Cl2N2O4. The summed E-state index contributed by atoms with van der Waals surface area (Å²) in [7, 11) is 4.61. The number of piperazine rings is 1. The topological polar surface area (TPSA) is 51.2 Å². The number of ketones is 1. The summed E-state index contributed by atoms with van der Waals surface area (Å²) in [6, 6.07) is 8.75. The number of nitrogens with zero attached hydrogens (tertiary/aromatic N) is 2. The SMILES string of the molecule is COc1cc(C(=O)C(C)N2CCN(c3cccc(Cl)c3Cl)CC2)cc(OC)c1OC. The highest BCUT2D eigenvalue weighted by Gasteiger charge is 2.28. The summed E-state index contributed by atoms with van der Waals surface area (Å²) >= 11 is 12.5. The number of hydrogen-bond acceptors (Lipinski definition) is 6. The molecule has 0 radical (unpaired) electrons. The van der Waals surface area contributed by atoms with E-state index in [-0.39, 0.29) is 11.8 Å². The Morgan fingerprint density at radius 3 is 2.10 bits per heavy atom. The highest BCUT2D eigenvalue weighted by Crippen LogP contribution is 2.39. The summed E-state index contributed by atoms with van der Waals surface area (Å²) in [5.41, 5.74) is 1.45. The van der Waals surface area contributed by atoms with Crippen molar-refractivity contribution in [2.45, 2.75) is 13.0 Å². The minimum atomic E-state index is -0.287. The molecule has 0 amide bonds. The Bertz CT molecular complexity index is 889. The van der Waals surface area contributed by atoms with Crippen LogP contribution in [0.15, 0.2) is 30.3 Å². The first kappa shape index (κ1) is 22.5. The van der Waals surface area contributed by atoms with Gasteiger partial charge >= 0.3 is 0 Å². The number of ether oxygens (including phenoxy) is 3. The number of hydrogen-bond donors (Lipinski definition) is 0. The molecule has 1 fully saturated rings. The minimum Gasteiger partial charge on any atom is -0.493 e. The number of carbonyl (C=O) groups is 1. The lowest BCUT2D eigenvalue weighted by atomic mass is 10.0. The van der Waals surface area contributed by atoms with Crippen LogP contribution in [0.2, 0.25) is 10.0 Å². The van der Waals surface area contributed by atoms with Gasteiger partial charge in [0.15, 0.2) is 17.3 Å². The minimum absolute atomic E-state index is 0.00323. The lowest BCUT2D eigenvalue weighted by molar-refractivity contribution is 0.0829. The first-order valence-corrected chi connectivity index (χ1v) is 10.4. The summed E-state index contributed by atoms with van der Waals surface area (Å²) < 4.78 is 16.1. The van der Waals surface area contributed by atoms with E-state index in [2.05, 4.69) is 9.80 Å². The third kappa shape index (κ3) is 4.46. The molecule has 162 valence electrons. The normalized spacial score (nSPS) is 15.6. The third-order valence-corrected chi connectivity index (χ3v) is 6.27. The fraction of sp³-hybridized carbons (Fsp3) is 0.409. The van der Waals surface area contributed by atoms with Crippen molar-refractivity contribution >= 4 is 34.7 Å². The lowest BCUT2D eigenvalue weighted by Crippen LogP contribution is -2.51. The van der Waals surface area contributed by atoms with Gasteiger partial charge in [-0.05, 0) is 31.2 Å². The number of rotatable bonds is 7. The van der Waals surface area contributed by atoms with Gasteiger partial charge in [-0.25, -0.2) is 0 Å². The Balaban J connectivity index is 1.73. The van der Waals surface area contributed by atoms with Crippen molar-refractivity contribution < 1.29 is 19.0 Å². The average Bonchev–Trinajstić information content (AvgIpc) is 2.78. The lowest BCUT2D eigenvalue weighted by Gasteiger charge is -2.39. The van der Waals surface area contributed by atoms with Gasteiger partial charge in [0, 0.05) is 31.7 Å². The Morgan fingerprint density at radius 1 is 0.967 bits per heavy atom. The van der Waals surface area contributed by atoms with Gasteiger partial charge in [0.25, 0.3) is 0 Å². The molecule has 2 aromatic carbocycles. The van der Waals surface area contributed by atoms with Gasteiger partial charge in [-0.1, -0.05) is 29.3 Å². The van der Waals surface area contributed by atoms with Crippen LogP contribution in [-0.4, -0.2) is 64.2 Å². The molecule has 2 aromatic rings. The number of Topliss-reactive ketones (excluding diaryl/α,β-unsaturated/α-hetero) is 1. The Morgan fingerprint density at radius 2 is 1.57 bits per heavy atom.